The van der Waals surface area contributed by atoms with Crippen molar-refractivity contribution >= 4 is 11.6 Å². The van der Waals surface area contributed by atoms with Crippen LogP contribution >= 0.6 is 0 Å². The molecular formula is C20H30O2. The zero-order chi connectivity index (χ0) is 17.1. The van der Waals surface area contributed by atoms with Gasteiger partial charge in [-0.2, -0.15) is 0 Å². The molecule has 0 saturated heterocycles. The average molecular weight is 302 g/mol. The molecule has 122 valence electrons. The quantitative estimate of drug-likeness (QED) is 0.479. The molecule has 22 heavy (non-hydrogen) atoms. The lowest BCUT2D eigenvalue weighted by Crippen LogP contribution is -2.01. The highest BCUT2D eigenvalue weighted by molar-refractivity contribution is 5.93. The van der Waals surface area contributed by atoms with Crippen LogP contribution in [0.25, 0.3) is 0 Å². The van der Waals surface area contributed by atoms with Crippen molar-refractivity contribution in [3.8, 4) is 0 Å². The third-order valence-corrected chi connectivity index (χ3v) is 3.70. The molecule has 0 atom stereocenters. The highest BCUT2D eigenvalue weighted by Gasteiger charge is 2.09. The van der Waals surface area contributed by atoms with Gasteiger partial charge in [0.25, 0.3) is 0 Å². The highest BCUT2D eigenvalue weighted by Crippen LogP contribution is 2.23. The Bertz CT molecular complexity index is 514. The molecule has 1 aliphatic carbocycles. The summed E-state index contributed by atoms with van der Waals surface area (Å²) >= 11 is 0. The second kappa shape index (κ2) is 10.9. The van der Waals surface area contributed by atoms with Gasteiger partial charge >= 0.3 is 0 Å². The van der Waals surface area contributed by atoms with Gasteiger partial charge in [-0.15, -0.1) is 0 Å². The summed E-state index contributed by atoms with van der Waals surface area (Å²) in [6, 6.07) is 0. The van der Waals surface area contributed by atoms with Crippen molar-refractivity contribution in [3.63, 3.8) is 0 Å². The first kappa shape index (κ1) is 20.3. The minimum atomic E-state index is 0.117. The molecule has 0 heterocycles. The van der Waals surface area contributed by atoms with Crippen LogP contribution in [0.5, 0.6) is 0 Å². The van der Waals surface area contributed by atoms with E-state index >= 15 is 0 Å². The van der Waals surface area contributed by atoms with Gasteiger partial charge in [0.2, 0.25) is 0 Å². The van der Waals surface area contributed by atoms with Gasteiger partial charge in [-0.1, -0.05) is 49.3 Å². The number of hydrogen-bond donors (Lipinski definition) is 0. The molecule has 0 spiro atoms. The first-order chi connectivity index (χ1) is 10.4. The molecule has 0 bridgehead atoms. The Balaban J connectivity index is 0.00000211. The van der Waals surface area contributed by atoms with Gasteiger partial charge in [0.15, 0.2) is 11.6 Å². The van der Waals surface area contributed by atoms with Gasteiger partial charge in [0, 0.05) is 0 Å². The maximum absolute atomic E-state index is 11.2. The van der Waals surface area contributed by atoms with Crippen molar-refractivity contribution in [1.82, 2.24) is 0 Å². The molecule has 0 unspecified atom stereocenters. The largest absolute Gasteiger partial charge is 0.295 e. The molecule has 0 N–H and O–H groups in total. The van der Waals surface area contributed by atoms with Crippen LogP contribution in [-0.2, 0) is 9.59 Å². The zero-order valence-electron chi connectivity index (χ0n) is 15.0. The Hall–Kier alpha value is -1.70. The minimum absolute atomic E-state index is 0.117. The predicted molar refractivity (Wildman–Crippen MR) is 94.9 cm³/mol. The van der Waals surface area contributed by atoms with E-state index in [4.69, 9.17) is 0 Å². The van der Waals surface area contributed by atoms with E-state index in [2.05, 4.69) is 13.0 Å². The van der Waals surface area contributed by atoms with Crippen LogP contribution in [-0.4, -0.2) is 11.6 Å². The molecule has 0 aliphatic heterocycles. The Morgan fingerprint density at radius 2 is 1.64 bits per heavy atom. The summed E-state index contributed by atoms with van der Waals surface area (Å²) in [5.74, 6) is 0.298. The summed E-state index contributed by atoms with van der Waals surface area (Å²) in [7, 11) is 0. The molecule has 0 aromatic carbocycles. The van der Waals surface area contributed by atoms with E-state index in [9.17, 15) is 9.59 Å². The molecule has 0 fully saturated rings. The second-order valence-electron chi connectivity index (χ2n) is 5.49. The van der Waals surface area contributed by atoms with E-state index in [0.717, 1.165) is 36.8 Å². The van der Waals surface area contributed by atoms with Crippen LogP contribution in [0.3, 0.4) is 0 Å². The summed E-state index contributed by atoms with van der Waals surface area (Å²) in [6.45, 7) is 11.1. The van der Waals surface area contributed by atoms with Gasteiger partial charge in [0.05, 0.1) is 0 Å². The Morgan fingerprint density at radius 3 is 2.09 bits per heavy atom. The Kier molecular flexibility index (Phi) is 10.1. The second-order valence-corrected chi connectivity index (χ2v) is 5.49. The number of hydrogen-bond acceptors (Lipinski definition) is 2. The lowest BCUT2D eigenvalue weighted by atomic mass is 9.92. The molecule has 1 rings (SSSR count). The van der Waals surface area contributed by atoms with Crippen molar-refractivity contribution in [3.05, 3.63) is 46.6 Å². The molecule has 0 radical (unpaired) electrons. The highest BCUT2D eigenvalue weighted by atomic mass is 16.1. The van der Waals surface area contributed by atoms with E-state index in [-0.39, 0.29) is 11.6 Å². The third-order valence-electron chi connectivity index (χ3n) is 3.70. The summed E-state index contributed by atoms with van der Waals surface area (Å²) < 4.78 is 0. The monoisotopic (exact) mass is 302 g/mol. The smallest absolute Gasteiger partial charge is 0.155 e. The maximum atomic E-state index is 11.2. The summed E-state index contributed by atoms with van der Waals surface area (Å²) in [5.41, 5.74) is 4.39. The third kappa shape index (κ3) is 7.92. The number of Topliss-reactive ketones (excluding diaryl/α,β-unsaturated/α-hetero) is 2. The summed E-state index contributed by atoms with van der Waals surface area (Å²) in [5, 5.41) is 0. The maximum Gasteiger partial charge on any atom is 0.155 e. The van der Waals surface area contributed by atoms with Crippen molar-refractivity contribution in [2.45, 2.75) is 67.2 Å². The lowest BCUT2D eigenvalue weighted by Gasteiger charge is -2.13. The van der Waals surface area contributed by atoms with Crippen molar-refractivity contribution in [2.24, 2.45) is 0 Å². The van der Waals surface area contributed by atoms with Crippen molar-refractivity contribution in [1.29, 1.82) is 0 Å². The van der Waals surface area contributed by atoms with Gasteiger partial charge < -0.3 is 0 Å². The molecular weight excluding hydrogens is 272 g/mol. The molecule has 0 aromatic heterocycles. The normalized spacial score (nSPS) is 15.4. The number of rotatable bonds is 6. The average Bonchev–Trinajstić information content (AvgIpc) is 2.52. The van der Waals surface area contributed by atoms with E-state index in [1.807, 2.05) is 39.0 Å². The predicted octanol–water partition coefficient (Wildman–Crippen LogP) is 5.51. The van der Waals surface area contributed by atoms with Crippen LogP contribution in [0.2, 0.25) is 0 Å². The number of carbonyl (C=O) groups excluding carboxylic acids is 2. The van der Waals surface area contributed by atoms with Gasteiger partial charge in [-0.05, 0) is 64.5 Å². The fourth-order valence-corrected chi connectivity index (χ4v) is 2.01. The summed E-state index contributed by atoms with van der Waals surface area (Å²) in [4.78, 5) is 22.3. The molecule has 0 aromatic rings. The first-order valence-corrected chi connectivity index (χ1v) is 8.14. The van der Waals surface area contributed by atoms with Crippen LogP contribution < -0.4 is 0 Å². The van der Waals surface area contributed by atoms with Gasteiger partial charge in [0.1, 0.15) is 0 Å². The lowest BCUT2D eigenvalue weighted by molar-refractivity contribution is -0.114. The van der Waals surface area contributed by atoms with Crippen LogP contribution in [0.4, 0.5) is 0 Å². The SMILES string of the molecule is CC.CC(=O)C1=CC=C(CC/C(C)=C/C=C(\C)C(C)=O)CC1. The molecule has 0 saturated carbocycles. The molecule has 0 amide bonds. The van der Waals surface area contributed by atoms with Crippen molar-refractivity contribution in [2.75, 3.05) is 0 Å². The number of carbonyl (C=O) groups is 2. The molecule has 2 nitrogen and oxygen atoms in total. The van der Waals surface area contributed by atoms with E-state index < -0.39 is 0 Å². The topological polar surface area (TPSA) is 34.1 Å². The van der Waals surface area contributed by atoms with E-state index in [1.54, 1.807) is 13.8 Å². The fourth-order valence-electron chi connectivity index (χ4n) is 2.01. The van der Waals surface area contributed by atoms with Crippen LogP contribution in [0.15, 0.2) is 46.6 Å². The summed E-state index contributed by atoms with van der Waals surface area (Å²) in [6.07, 6.45) is 11.8. The fraction of sp³-hybridized carbons (Fsp3) is 0.500. The van der Waals surface area contributed by atoms with E-state index in [0.29, 0.717) is 0 Å². The number of allylic oxidation sites excluding steroid dienone is 8. The zero-order valence-corrected chi connectivity index (χ0v) is 15.0. The molecule has 2 heteroatoms. The van der Waals surface area contributed by atoms with Crippen LogP contribution in [0, 0.1) is 0 Å². The Labute approximate surface area is 135 Å². The first-order valence-electron chi connectivity index (χ1n) is 8.14. The standard InChI is InChI=1S/C18H24O2.C2H6/c1-13(5-7-14(2)15(3)19)6-8-17-9-11-18(12-10-17)16(4)20;1-2/h5,7,9,11H,6,8,10,12H2,1-4H3;1-2H3/b13-5+,14-7+;. The van der Waals surface area contributed by atoms with Gasteiger partial charge in [-0.3, -0.25) is 9.59 Å². The van der Waals surface area contributed by atoms with Gasteiger partial charge in [-0.25, -0.2) is 0 Å². The van der Waals surface area contributed by atoms with Crippen LogP contribution in [0.1, 0.15) is 67.2 Å². The Morgan fingerprint density at radius 1 is 1.00 bits per heavy atom. The number of ketones is 2. The van der Waals surface area contributed by atoms with Crippen molar-refractivity contribution < 1.29 is 9.59 Å². The minimum Gasteiger partial charge on any atom is -0.295 e. The molecule has 1 aliphatic rings. The van der Waals surface area contributed by atoms with E-state index in [1.165, 1.54) is 11.1 Å².